The van der Waals surface area contributed by atoms with Gasteiger partial charge in [0.25, 0.3) is 11.1 Å². The molecule has 0 unspecified atom stereocenters. The summed E-state index contributed by atoms with van der Waals surface area (Å²) >= 11 is 0.988. The number of nitrogens with one attached hydrogen (secondary N) is 1. The van der Waals surface area contributed by atoms with Crippen LogP contribution in [0.5, 0.6) is 0 Å². The van der Waals surface area contributed by atoms with Crippen molar-refractivity contribution in [1.82, 2.24) is 25.1 Å². The largest absolute Gasteiger partial charge is 0.322 e. The van der Waals surface area contributed by atoms with Crippen LogP contribution in [0, 0.1) is 6.92 Å². The molecule has 2 heterocycles. The summed E-state index contributed by atoms with van der Waals surface area (Å²) in [6, 6.07) is 12.3. The molecule has 29 heavy (non-hydrogen) atoms. The molecule has 0 atom stereocenters. The standard InChI is InChI=1S/C19H16N6O3S/c1-12-5-6-15(8-16(12)25-11-20-22-23-25)21-18(27)14-4-2-3-13(7-14)9-24-17(26)10-29-19(24)28/h2-8,11H,9-10H2,1H3,(H,21,27). The van der Waals surface area contributed by atoms with Crippen molar-refractivity contribution in [2.75, 3.05) is 11.1 Å². The van der Waals surface area contributed by atoms with Crippen LogP contribution in [-0.4, -0.2) is 47.9 Å². The maximum atomic E-state index is 12.7. The molecule has 4 rings (SSSR count). The fourth-order valence-electron chi connectivity index (χ4n) is 2.94. The molecule has 0 saturated carbocycles. The number of tetrazole rings is 1. The Morgan fingerprint density at radius 3 is 2.79 bits per heavy atom. The molecule has 0 bridgehead atoms. The van der Waals surface area contributed by atoms with Gasteiger partial charge in [0.2, 0.25) is 5.91 Å². The van der Waals surface area contributed by atoms with Gasteiger partial charge in [-0.1, -0.05) is 30.0 Å². The highest BCUT2D eigenvalue weighted by atomic mass is 32.2. The summed E-state index contributed by atoms with van der Waals surface area (Å²) in [6.07, 6.45) is 1.48. The van der Waals surface area contributed by atoms with E-state index in [-0.39, 0.29) is 29.4 Å². The Balaban J connectivity index is 1.51. The number of imide groups is 1. The molecule has 1 aliphatic rings. The quantitative estimate of drug-likeness (QED) is 0.690. The zero-order valence-corrected chi connectivity index (χ0v) is 16.2. The summed E-state index contributed by atoms with van der Waals surface area (Å²) in [5, 5.41) is 13.7. The first-order chi connectivity index (χ1) is 14.0. The van der Waals surface area contributed by atoms with Crippen LogP contribution in [0.1, 0.15) is 21.5 Å². The molecule has 3 amide bonds. The fourth-order valence-corrected chi connectivity index (χ4v) is 3.66. The molecule has 1 fully saturated rings. The second-order valence-corrected chi connectivity index (χ2v) is 7.37. The van der Waals surface area contributed by atoms with Gasteiger partial charge in [0, 0.05) is 11.3 Å². The molecule has 1 saturated heterocycles. The van der Waals surface area contributed by atoms with Crippen LogP contribution in [0.2, 0.25) is 0 Å². The Hall–Kier alpha value is -3.53. The van der Waals surface area contributed by atoms with Crippen LogP contribution >= 0.6 is 11.8 Å². The van der Waals surface area contributed by atoms with Gasteiger partial charge in [-0.3, -0.25) is 19.3 Å². The second kappa shape index (κ2) is 7.84. The Morgan fingerprint density at radius 1 is 1.21 bits per heavy atom. The van der Waals surface area contributed by atoms with E-state index in [0.29, 0.717) is 16.8 Å². The fraction of sp³-hybridized carbons (Fsp3) is 0.158. The van der Waals surface area contributed by atoms with E-state index in [4.69, 9.17) is 0 Å². The number of hydrogen-bond acceptors (Lipinski definition) is 7. The van der Waals surface area contributed by atoms with Crippen LogP contribution in [0.15, 0.2) is 48.8 Å². The summed E-state index contributed by atoms with van der Waals surface area (Å²) < 4.78 is 1.52. The maximum absolute atomic E-state index is 12.7. The van der Waals surface area contributed by atoms with Gasteiger partial charge in [0.1, 0.15) is 6.33 Å². The number of anilines is 1. The van der Waals surface area contributed by atoms with Crippen LogP contribution in [0.25, 0.3) is 5.69 Å². The molecule has 9 nitrogen and oxygen atoms in total. The number of benzene rings is 2. The third kappa shape index (κ3) is 4.02. The topological polar surface area (TPSA) is 110 Å². The smallest absolute Gasteiger partial charge is 0.289 e. The molecule has 2 aromatic carbocycles. The number of thioether (sulfide) groups is 1. The first kappa shape index (κ1) is 18.8. The van der Waals surface area contributed by atoms with E-state index < -0.39 is 0 Å². The molecule has 0 spiro atoms. The third-order valence-electron chi connectivity index (χ3n) is 4.43. The SMILES string of the molecule is Cc1ccc(NC(=O)c2cccc(CN3C(=O)CSC3=O)c2)cc1-n1cnnn1. The lowest BCUT2D eigenvalue weighted by molar-refractivity contribution is -0.125. The summed E-state index contributed by atoms with van der Waals surface area (Å²) in [5.41, 5.74) is 3.44. The minimum Gasteiger partial charge on any atom is -0.322 e. The summed E-state index contributed by atoms with van der Waals surface area (Å²) in [4.78, 5) is 37.5. The maximum Gasteiger partial charge on any atom is 0.289 e. The van der Waals surface area contributed by atoms with Crippen molar-refractivity contribution in [2.45, 2.75) is 13.5 Å². The van der Waals surface area contributed by atoms with Gasteiger partial charge in [-0.25, -0.2) is 4.68 Å². The number of amides is 3. The number of hydrogen-bond donors (Lipinski definition) is 1. The van der Waals surface area contributed by atoms with Crippen molar-refractivity contribution in [3.63, 3.8) is 0 Å². The normalized spacial score (nSPS) is 13.8. The van der Waals surface area contributed by atoms with Crippen molar-refractivity contribution >= 4 is 34.5 Å². The van der Waals surface area contributed by atoms with Crippen molar-refractivity contribution in [3.8, 4) is 5.69 Å². The lowest BCUT2D eigenvalue weighted by Crippen LogP contribution is -2.28. The Labute approximate surface area is 170 Å². The van der Waals surface area contributed by atoms with Crippen molar-refractivity contribution in [3.05, 3.63) is 65.5 Å². The second-order valence-electron chi connectivity index (χ2n) is 6.44. The van der Waals surface area contributed by atoms with Crippen LogP contribution < -0.4 is 5.32 Å². The Bertz CT molecular complexity index is 1080. The molecule has 1 N–H and O–H groups in total. The minimum atomic E-state index is -0.299. The Morgan fingerprint density at radius 2 is 2.07 bits per heavy atom. The van der Waals surface area contributed by atoms with Gasteiger partial charge in [-0.2, -0.15) is 0 Å². The molecule has 0 radical (unpaired) electrons. The van der Waals surface area contributed by atoms with E-state index in [0.717, 1.165) is 23.0 Å². The monoisotopic (exact) mass is 408 g/mol. The molecular formula is C19H16N6O3S. The number of nitrogens with zero attached hydrogens (tertiary/aromatic N) is 5. The van der Waals surface area contributed by atoms with Gasteiger partial charge in [0.15, 0.2) is 0 Å². The zero-order chi connectivity index (χ0) is 20.4. The average Bonchev–Trinajstić information content (AvgIpc) is 3.36. The van der Waals surface area contributed by atoms with Crippen LogP contribution in [0.4, 0.5) is 10.5 Å². The third-order valence-corrected chi connectivity index (χ3v) is 5.29. The van der Waals surface area contributed by atoms with Gasteiger partial charge >= 0.3 is 0 Å². The molecule has 3 aromatic rings. The molecular weight excluding hydrogens is 392 g/mol. The van der Waals surface area contributed by atoms with Crippen molar-refractivity contribution in [1.29, 1.82) is 0 Å². The minimum absolute atomic E-state index is 0.153. The number of carbonyl (C=O) groups excluding carboxylic acids is 3. The van der Waals surface area contributed by atoms with Crippen molar-refractivity contribution in [2.24, 2.45) is 0 Å². The Kier molecular flexibility index (Phi) is 5.09. The van der Waals surface area contributed by atoms with Crippen molar-refractivity contribution < 1.29 is 14.4 Å². The number of aromatic nitrogens is 4. The molecule has 10 heteroatoms. The summed E-state index contributed by atoms with van der Waals surface area (Å²) in [6.45, 7) is 2.07. The highest BCUT2D eigenvalue weighted by Crippen LogP contribution is 2.22. The summed E-state index contributed by atoms with van der Waals surface area (Å²) in [7, 11) is 0. The van der Waals surface area contributed by atoms with Crippen LogP contribution in [-0.2, 0) is 11.3 Å². The van der Waals surface area contributed by atoms with Gasteiger partial charge < -0.3 is 5.32 Å². The highest BCUT2D eigenvalue weighted by Gasteiger charge is 2.29. The lowest BCUT2D eigenvalue weighted by Gasteiger charge is -2.14. The van der Waals surface area contributed by atoms with E-state index in [2.05, 4.69) is 20.8 Å². The lowest BCUT2D eigenvalue weighted by atomic mass is 10.1. The number of aryl methyl sites for hydroxylation is 1. The van der Waals surface area contributed by atoms with Gasteiger partial charge in [0.05, 0.1) is 18.0 Å². The van der Waals surface area contributed by atoms with Gasteiger partial charge in [-0.15, -0.1) is 5.10 Å². The van der Waals surface area contributed by atoms with E-state index >= 15 is 0 Å². The first-order valence-corrected chi connectivity index (χ1v) is 9.71. The van der Waals surface area contributed by atoms with E-state index in [9.17, 15) is 14.4 Å². The first-order valence-electron chi connectivity index (χ1n) is 8.73. The molecule has 1 aromatic heterocycles. The predicted molar refractivity (Wildman–Crippen MR) is 107 cm³/mol. The zero-order valence-electron chi connectivity index (χ0n) is 15.4. The van der Waals surface area contributed by atoms with Crippen LogP contribution in [0.3, 0.4) is 0 Å². The highest BCUT2D eigenvalue weighted by molar-refractivity contribution is 8.14. The molecule has 1 aliphatic heterocycles. The van der Waals surface area contributed by atoms with E-state index in [1.807, 2.05) is 13.0 Å². The number of carbonyl (C=O) groups is 3. The average molecular weight is 408 g/mol. The molecule has 0 aliphatic carbocycles. The van der Waals surface area contributed by atoms with E-state index in [1.165, 1.54) is 15.9 Å². The number of rotatable bonds is 5. The summed E-state index contributed by atoms with van der Waals surface area (Å²) in [5.74, 6) is -0.354. The van der Waals surface area contributed by atoms with Gasteiger partial charge in [-0.05, 0) is 52.7 Å². The van der Waals surface area contributed by atoms with E-state index in [1.54, 1.807) is 36.4 Å². The predicted octanol–water partition coefficient (Wildman–Crippen LogP) is 2.42. The molecule has 146 valence electrons.